The number of likely N-dealkylation sites (N-methyl/N-ethyl adjacent to an activating group) is 1. The van der Waals surface area contributed by atoms with Gasteiger partial charge >= 0.3 is 0 Å². The van der Waals surface area contributed by atoms with Crippen molar-refractivity contribution in [2.24, 2.45) is 0 Å². The number of nitrogens with zero attached hydrogens (tertiary/aromatic N) is 4. The molecule has 29 heavy (non-hydrogen) atoms. The van der Waals surface area contributed by atoms with Crippen LogP contribution in [0.1, 0.15) is 0 Å². The Kier molecular flexibility index (Phi) is 6.82. The second-order valence-corrected chi connectivity index (χ2v) is 7.09. The zero-order valence-electron chi connectivity index (χ0n) is 15.5. The standard InChI is InChI=1S/C19H18Cl2N6O2/c1-26(9-18(28)24-15-5-3-2-4-14(15)21)10-19(29)25-16-8-13(20)6-7-17(16)27-12-22-11-23-27/h2-8,11-12H,9-10H2,1H3,(H,24,28)(H,25,29). The van der Waals surface area contributed by atoms with Gasteiger partial charge in [0.15, 0.2) is 0 Å². The second-order valence-electron chi connectivity index (χ2n) is 6.25. The van der Waals surface area contributed by atoms with Crippen LogP contribution >= 0.6 is 23.2 Å². The maximum absolute atomic E-state index is 12.5. The number of hydrogen-bond donors (Lipinski definition) is 2. The van der Waals surface area contributed by atoms with Crippen LogP contribution in [-0.2, 0) is 9.59 Å². The highest BCUT2D eigenvalue weighted by molar-refractivity contribution is 6.33. The Morgan fingerprint density at radius 1 is 1.03 bits per heavy atom. The third-order valence-electron chi connectivity index (χ3n) is 3.87. The first-order chi connectivity index (χ1) is 13.9. The van der Waals surface area contributed by atoms with Gasteiger partial charge in [0, 0.05) is 5.02 Å². The Morgan fingerprint density at radius 3 is 2.38 bits per heavy atom. The van der Waals surface area contributed by atoms with Gasteiger partial charge in [0.05, 0.1) is 35.2 Å². The number of amides is 2. The van der Waals surface area contributed by atoms with Crippen molar-refractivity contribution in [3.8, 4) is 5.69 Å². The number of aromatic nitrogens is 3. The summed E-state index contributed by atoms with van der Waals surface area (Å²) in [5, 5.41) is 10.5. The van der Waals surface area contributed by atoms with E-state index in [0.29, 0.717) is 27.1 Å². The van der Waals surface area contributed by atoms with Crippen molar-refractivity contribution in [3.05, 3.63) is 65.2 Å². The van der Waals surface area contributed by atoms with Crippen LogP contribution in [0.3, 0.4) is 0 Å². The topological polar surface area (TPSA) is 92.2 Å². The number of carbonyl (C=O) groups excluding carboxylic acids is 2. The van der Waals surface area contributed by atoms with E-state index in [9.17, 15) is 9.59 Å². The van der Waals surface area contributed by atoms with Crippen molar-refractivity contribution in [1.29, 1.82) is 0 Å². The van der Waals surface area contributed by atoms with E-state index in [0.717, 1.165) is 0 Å². The zero-order valence-corrected chi connectivity index (χ0v) is 17.0. The maximum Gasteiger partial charge on any atom is 0.238 e. The molecule has 0 saturated heterocycles. The van der Waals surface area contributed by atoms with Crippen molar-refractivity contribution >= 4 is 46.4 Å². The number of halogens is 2. The predicted octanol–water partition coefficient (Wildman–Crippen LogP) is 3.08. The Bertz CT molecular complexity index is 1010. The molecule has 8 nitrogen and oxygen atoms in total. The summed E-state index contributed by atoms with van der Waals surface area (Å²) in [4.78, 5) is 30.1. The van der Waals surface area contributed by atoms with Crippen LogP contribution in [0.2, 0.25) is 10.0 Å². The molecular formula is C19H18Cl2N6O2. The summed E-state index contributed by atoms with van der Waals surface area (Å²) in [7, 11) is 1.67. The van der Waals surface area contributed by atoms with Gasteiger partial charge in [0.2, 0.25) is 11.8 Å². The quantitative estimate of drug-likeness (QED) is 0.598. The Hall–Kier alpha value is -2.94. The first kappa shape index (κ1) is 20.8. The molecule has 0 bridgehead atoms. The van der Waals surface area contributed by atoms with Gasteiger partial charge in [0.25, 0.3) is 0 Å². The number of rotatable bonds is 7. The summed E-state index contributed by atoms with van der Waals surface area (Å²) < 4.78 is 1.52. The zero-order chi connectivity index (χ0) is 20.8. The molecule has 3 aromatic rings. The first-order valence-electron chi connectivity index (χ1n) is 8.59. The summed E-state index contributed by atoms with van der Waals surface area (Å²) in [5.41, 5.74) is 1.63. The van der Waals surface area contributed by atoms with E-state index in [4.69, 9.17) is 23.2 Å². The molecule has 0 radical (unpaired) electrons. The molecule has 150 valence electrons. The molecular weight excluding hydrogens is 415 g/mol. The number of carbonyl (C=O) groups is 2. The molecule has 0 atom stereocenters. The third-order valence-corrected chi connectivity index (χ3v) is 4.44. The third kappa shape index (κ3) is 5.77. The Labute approximate surface area is 177 Å². The molecule has 0 unspecified atom stereocenters. The lowest BCUT2D eigenvalue weighted by Gasteiger charge is -2.17. The molecule has 3 rings (SSSR count). The van der Waals surface area contributed by atoms with Gasteiger partial charge in [-0.25, -0.2) is 9.67 Å². The minimum atomic E-state index is -0.304. The molecule has 2 aromatic carbocycles. The van der Waals surface area contributed by atoms with Crippen LogP contribution in [0.25, 0.3) is 5.69 Å². The molecule has 0 aliphatic carbocycles. The lowest BCUT2D eigenvalue weighted by atomic mass is 10.2. The van der Waals surface area contributed by atoms with Crippen molar-refractivity contribution in [2.75, 3.05) is 30.8 Å². The normalized spacial score (nSPS) is 10.8. The lowest BCUT2D eigenvalue weighted by molar-refractivity contribution is -0.119. The van der Waals surface area contributed by atoms with Gasteiger partial charge in [-0.1, -0.05) is 35.3 Å². The van der Waals surface area contributed by atoms with E-state index in [1.807, 2.05) is 0 Å². The van der Waals surface area contributed by atoms with Gasteiger partial charge in [-0.2, -0.15) is 5.10 Å². The van der Waals surface area contributed by atoms with E-state index in [1.165, 1.54) is 17.3 Å². The molecule has 0 spiro atoms. The molecule has 2 N–H and O–H groups in total. The van der Waals surface area contributed by atoms with Crippen molar-refractivity contribution in [2.45, 2.75) is 0 Å². The number of benzene rings is 2. The molecule has 10 heteroatoms. The highest BCUT2D eigenvalue weighted by Gasteiger charge is 2.14. The summed E-state index contributed by atoms with van der Waals surface area (Å²) in [6, 6.07) is 12.0. The average Bonchev–Trinajstić information content (AvgIpc) is 3.18. The Balaban J connectivity index is 1.59. The van der Waals surface area contributed by atoms with Crippen LogP contribution in [0.4, 0.5) is 11.4 Å². The summed E-state index contributed by atoms with van der Waals surface area (Å²) >= 11 is 12.1. The van der Waals surface area contributed by atoms with E-state index < -0.39 is 0 Å². The van der Waals surface area contributed by atoms with E-state index >= 15 is 0 Å². The van der Waals surface area contributed by atoms with Crippen LogP contribution < -0.4 is 10.6 Å². The molecule has 0 aliphatic heterocycles. The van der Waals surface area contributed by atoms with E-state index in [1.54, 1.807) is 54.4 Å². The van der Waals surface area contributed by atoms with Gasteiger partial charge in [-0.15, -0.1) is 0 Å². The van der Waals surface area contributed by atoms with Crippen LogP contribution in [-0.4, -0.2) is 51.6 Å². The van der Waals surface area contributed by atoms with Crippen molar-refractivity contribution in [3.63, 3.8) is 0 Å². The largest absolute Gasteiger partial charge is 0.324 e. The van der Waals surface area contributed by atoms with Crippen molar-refractivity contribution < 1.29 is 9.59 Å². The van der Waals surface area contributed by atoms with Crippen molar-refractivity contribution in [1.82, 2.24) is 19.7 Å². The minimum absolute atomic E-state index is 0.000742. The van der Waals surface area contributed by atoms with E-state index in [2.05, 4.69) is 20.7 Å². The summed E-state index contributed by atoms with van der Waals surface area (Å²) in [6.45, 7) is 0.0172. The SMILES string of the molecule is CN(CC(=O)Nc1ccccc1Cl)CC(=O)Nc1cc(Cl)ccc1-n1cncn1. The van der Waals surface area contributed by atoms with Crippen LogP contribution in [0.15, 0.2) is 55.1 Å². The molecule has 1 heterocycles. The lowest BCUT2D eigenvalue weighted by Crippen LogP contribution is -2.36. The highest BCUT2D eigenvalue weighted by Crippen LogP contribution is 2.24. The fourth-order valence-corrected chi connectivity index (χ4v) is 2.98. The fraction of sp³-hybridized carbons (Fsp3) is 0.158. The average molecular weight is 433 g/mol. The first-order valence-corrected chi connectivity index (χ1v) is 9.35. The molecule has 0 saturated carbocycles. The highest BCUT2D eigenvalue weighted by atomic mass is 35.5. The number of anilines is 2. The number of para-hydroxylation sites is 1. The minimum Gasteiger partial charge on any atom is -0.324 e. The van der Waals surface area contributed by atoms with Gasteiger partial charge in [-0.05, 0) is 37.4 Å². The Morgan fingerprint density at radius 2 is 1.72 bits per heavy atom. The van der Waals surface area contributed by atoms with Gasteiger partial charge < -0.3 is 10.6 Å². The second kappa shape index (κ2) is 9.51. The maximum atomic E-state index is 12.5. The van der Waals surface area contributed by atoms with E-state index in [-0.39, 0.29) is 24.9 Å². The van der Waals surface area contributed by atoms with Crippen LogP contribution in [0.5, 0.6) is 0 Å². The smallest absolute Gasteiger partial charge is 0.238 e. The number of hydrogen-bond acceptors (Lipinski definition) is 5. The predicted molar refractivity (Wildman–Crippen MR) is 113 cm³/mol. The molecule has 1 aromatic heterocycles. The molecule has 0 aliphatic rings. The van der Waals surface area contributed by atoms with Crippen LogP contribution in [0, 0.1) is 0 Å². The fourth-order valence-electron chi connectivity index (χ4n) is 2.63. The monoisotopic (exact) mass is 432 g/mol. The van der Waals surface area contributed by atoms with Gasteiger partial charge in [-0.3, -0.25) is 14.5 Å². The summed E-state index contributed by atoms with van der Waals surface area (Å²) in [5.74, 6) is -0.582. The molecule has 0 fully saturated rings. The molecule has 2 amide bonds. The number of nitrogens with one attached hydrogen (secondary N) is 2. The van der Waals surface area contributed by atoms with Gasteiger partial charge in [0.1, 0.15) is 12.7 Å². The summed E-state index contributed by atoms with van der Waals surface area (Å²) in [6.07, 6.45) is 2.91.